The van der Waals surface area contributed by atoms with E-state index in [2.05, 4.69) is 9.50 Å². The van der Waals surface area contributed by atoms with E-state index in [1.165, 1.54) is 0 Å². The Kier molecular flexibility index (Phi) is 4.52. The minimum absolute atomic E-state index is 0.358. The molecule has 1 aromatic heterocycles. The molecule has 2 aromatic rings. The van der Waals surface area contributed by atoms with E-state index in [0.29, 0.717) is 5.02 Å². The number of hydrogen-bond acceptors (Lipinski definition) is 3. The summed E-state index contributed by atoms with van der Waals surface area (Å²) in [6.45, 7) is 5.66. The van der Waals surface area contributed by atoms with Gasteiger partial charge in [0, 0.05) is 16.8 Å². The molecule has 1 atom stereocenters. The van der Waals surface area contributed by atoms with Crippen molar-refractivity contribution in [2.75, 3.05) is 0 Å². The molecule has 0 spiro atoms. The molecule has 0 saturated carbocycles. The third-order valence-corrected chi connectivity index (χ3v) is 4.11. The van der Waals surface area contributed by atoms with Crippen LogP contribution in [0.5, 0.6) is 0 Å². The maximum Gasteiger partial charge on any atom is 0.144 e. The van der Waals surface area contributed by atoms with Crippen molar-refractivity contribution < 1.29 is 4.55 Å². The van der Waals surface area contributed by atoms with Crippen LogP contribution in [0.1, 0.15) is 26.3 Å². The zero-order chi connectivity index (χ0) is 14.8. The molecule has 1 aromatic carbocycles. The van der Waals surface area contributed by atoms with Gasteiger partial charge in [0.1, 0.15) is 16.1 Å². The predicted octanol–water partition coefficient (Wildman–Crippen LogP) is 3.41. The number of rotatable bonds is 3. The van der Waals surface area contributed by atoms with Crippen molar-refractivity contribution in [1.82, 2.24) is 9.78 Å². The van der Waals surface area contributed by atoms with Gasteiger partial charge in [-0.2, -0.15) is 5.10 Å². The van der Waals surface area contributed by atoms with E-state index in [-0.39, 0.29) is 4.75 Å². The van der Waals surface area contributed by atoms with Crippen LogP contribution in [0.2, 0.25) is 5.02 Å². The van der Waals surface area contributed by atoms with Gasteiger partial charge in [0.15, 0.2) is 0 Å². The Labute approximate surface area is 126 Å². The third kappa shape index (κ3) is 3.85. The summed E-state index contributed by atoms with van der Waals surface area (Å²) in [7, 11) is 0. The van der Waals surface area contributed by atoms with Gasteiger partial charge in [0.25, 0.3) is 0 Å². The number of halogens is 1. The molecule has 4 nitrogen and oxygen atoms in total. The van der Waals surface area contributed by atoms with Gasteiger partial charge in [-0.25, -0.2) is 4.68 Å². The van der Waals surface area contributed by atoms with Gasteiger partial charge in [0.05, 0.1) is 18.1 Å². The summed E-state index contributed by atoms with van der Waals surface area (Å²) in [6.07, 6.45) is 5.09. The van der Waals surface area contributed by atoms with Crippen LogP contribution in [0.15, 0.2) is 41.1 Å². The Morgan fingerprint density at radius 3 is 2.55 bits per heavy atom. The second kappa shape index (κ2) is 5.99. The molecule has 6 heteroatoms. The average Bonchev–Trinajstić information content (AvgIpc) is 2.84. The zero-order valence-electron chi connectivity index (χ0n) is 11.6. The molecule has 0 fully saturated rings. The third-order valence-electron chi connectivity index (χ3n) is 2.52. The second-order valence-corrected chi connectivity index (χ2v) is 7.66. The Balaban J connectivity index is 2.13. The molecule has 0 bridgehead atoms. The summed E-state index contributed by atoms with van der Waals surface area (Å²) < 4.78 is 17.2. The standard InChI is InChI=1S/C14H16ClN3OS/c1-14(2,3)20(19)17-9-11-8-16-18(10-11)13-6-4-12(15)5-7-13/h4-10H,1-3H3/b17-9+. The topological polar surface area (TPSA) is 53.2 Å². The Hall–Kier alpha value is -1.30. The van der Waals surface area contributed by atoms with Crippen molar-refractivity contribution in [3.8, 4) is 5.69 Å². The lowest BCUT2D eigenvalue weighted by molar-refractivity contribution is 0.562. The van der Waals surface area contributed by atoms with Gasteiger partial charge in [-0.15, -0.1) is 0 Å². The lowest BCUT2D eigenvalue weighted by Gasteiger charge is -2.17. The minimum atomic E-state index is -1.26. The highest BCUT2D eigenvalue weighted by molar-refractivity contribution is 7.91. The van der Waals surface area contributed by atoms with Gasteiger partial charge in [0.2, 0.25) is 0 Å². The lowest BCUT2D eigenvalue weighted by atomic mass is 10.3. The van der Waals surface area contributed by atoms with Crippen molar-refractivity contribution in [3.05, 3.63) is 47.2 Å². The van der Waals surface area contributed by atoms with E-state index < -0.39 is 11.4 Å². The summed E-state index contributed by atoms with van der Waals surface area (Å²) >= 11 is 4.59. The van der Waals surface area contributed by atoms with Gasteiger partial charge in [-0.1, -0.05) is 16.0 Å². The molecule has 0 saturated heterocycles. The maximum atomic E-state index is 11.8. The van der Waals surface area contributed by atoms with Crippen LogP contribution in [-0.4, -0.2) is 25.3 Å². The van der Waals surface area contributed by atoms with Crippen molar-refractivity contribution in [3.63, 3.8) is 0 Å². The quantitative estimate of drug-likeness (QED) is 0.644. The first-order valence-electron chi connectivity index (χ1n) is 6.13. The monoisotopic (exact) mass is 309 g/mol. The molecular formula is C14H16ClN3OS. The van der Waals surface area contributed by atoms with Gasteiger partial charge < -0.3 is 4.55 Å². The van der Waals surface area contributed by atoms with Crippen LogP contribution in [-0.2, 0) is 11.4 Å². The van der Waals surface area contributed by atoms with E-state index in [4.69, 9.17) is 11.6 Å². The van der Waals surface area contributed by atoms with Crippen molar-refractivity contribution in [2.24, 2.45) is 4.40 Å². The van der Waals surface area contributed by atoms with Crippen molar-refractivity contribution in [2.45, 2.75) is 25.5 Å². The molecule has 0 aliphatic rings. The molecule has 0 N–H and O–H groups in total. The summed E-state index contributed by atoms with van der Waals surface area (Å²) in [4.78, 5) is 0. The molecule has 20 heavy (non-hydrogen) atoms. The number of nitrogens with zero attached hydrogens (tertiary/aromatic N) is 3. The Morgan fingerprint density at radius 1 is 1.30 bits per heavy atom. The highest BCUT2D eigenvalue weighted by Gasteiger charge is 2.25. The summed E-state index contributed by atoms with van der Waals surface area (Å²) in [5.41, 5.74) is 1.71. The molecule has 1 heterocycles. The minimum Gasteiger partial charge on any atom is -0.591 e. The average molecular weight is 310 g/mol. The molecule has 0 radical (unpaired) electrons. The predicted molar refractivity (Wildman–Crippen MR) is 84.1 cm³/mol. The Bertz CT molecular complexity index is 602. The van der Waals surface area contributed by atoms with Crippen molar-refractivity contribution in [1.29, 1.82) is 0 Å². The maximum absolute atomic E-state index is 11.8. The lowest BCUT2D eigenvalue weighted by Crippen LogP contribution is -2.25. The van der Waals surface area contributed by atoms with Crippen LogP contribution in [0.3, 0.4) is 0 Å². The summed E-state index contributed by atoms with van der Waals surface area (Å²) in [6, 6.07) is 7.37. The van der Waals surface area contributed by atoms with Gasteiger partial charge in [-0.3, -0.25) is 0 Å². The smallest absolute Gasteiger partial charge is 0.144 e. The largest absolute Gasteiger partial charge is 0.591 e. The van der Waals surface area contributed by atoms with Crippen LogP contribution in [0.25, 0.3) is 5.69 Å². The normalized spacial score (nSPS) is 13.8. The molecule has 2 rings (SSSR count). The highest BCUT2D eigenvalue weighted by atomic mass is 35.5. The van der Waals surface area contributed by atoms with E-state index in [0.717, 1.165) is 11.3 Å². The molecule has 0 amide bonds. The highest BCUT2D eigenvalue weighted by Crippen LogP contribution is 2.17. The molecule has 0 aliphatic heterocycles. The van der Waals surface area contributed by atoms with Crippen LogP contribution < -0.4 is 0 Å². The second-order valence-electron chi connectivity index (χ2n) is 5.29. The molecule has 106 valence electrons. The van der Waals surface area contributed by atoms with E-state index in [1.807, 2.05) is 39.1 Å². The number of benzene rings is 1. The first-order chi connectivity index (χ1) is 9.36. The fourth-order valence-corrected chi connectivity index (χ4v) is 2.06. The Morgan fingerprint density at radius 2 is 1.95 bits per heavy atom. The van der Waals surface area contributed by atoms with E-state index >= 15 is 0 Å². The fourth-order valence-electron chi connectivity index (χ4n) is 1.41. The SMILES string of the molecule is CC(C)(C)[S+]([O-])/N=C/c1cnn(-c2ccc(Cl)cc2)c1. The zero-order valence-corrected chi connectivity index (χ0v) is 13.1. The van der Waals surface area contributed by atoms with Crippen LogP contribution in [0, 0.1) is 0 Å². The van der Waals surface area contributed by atoms with E-state index in [1.54, 1.807) is 29.2 Å². The summed E-state index contributed by atoms with van der Waals surface area (Å²) in [5.74, 6) is 0. The molecule has 0 aliphatic carbocycles. The first kappa shape index (κ1) is 15.1. The van der Waals surface area contributed by atoms with E-state index in [9.17, 15) is 4.55 Å². The number of hydrogen-bond donors (Lipinski definition) is 0. The van der Waals surface area contributed by atoms with Gasteiger partial charge in [-0.05, 0) is 45.0 Å². The van der Waals surface area contributed by atoms with Crippen LogP contribution in [0.4, 0.5) is 0 Å². The van der Waals surface area contributed by atoms with Gasteiger partial charge >= 0.3 is 0 Å². The molecular weight excluding hydrogens is 294 g/mol. The first-order valence-corrected chi connectivity index (χ1v) is 7.61. The van der Waals surface area contributed by atoms with Crippen molar-refractivity contribution >= 4 is 29.2 Å². The van der Waals surface area contributed by atoms with Crippen LogP contribution >= 0.6 is 11.6 Å². The fraction of sp³-hybridized carbons (Fsp3) is 0.286. The summed E-state index contributed by atoms with van der Waals surface area (Å²) in [5, 5.41) is 4.92. The number of aromatic nitrogens is 2. The molecule has 1 unspecified atom stereocenters.